The standard InChI is InChI=1S/C16H30N2/c1-2-3-4-8-14-13-15-9-5-6-11-17(15)16-10-7-12-18(14)16/h14-16H,2-13H2,1H3/t14-,15?,16?/m1/s1. The molecular formula is C16H30N2. The third-order valence-corrected chi connectivity index (χ3v) is 5.47. The third-order valence-electron chi connectivity index (χ3n) is 5.47. The van der Waals surface area contributed by atoms with E-state index in [0.717, 1.165) is 18.2 Å². The molecule has 3 aliphatic rings. The summed E-state index contributed by atoms with van der Waals surface area (Å²) in [5.74, 6) is 0. The summed E-state index contributed by atoms with van der Waals surface area (Å²) in [4.78, 5) is 5.74. The first-order valence-corrected chi connectivity index (χ1v) is 8.41. The summed E-state index contributed by atoms with van der Waals surface area (Å²) in [7, 11) is 0. The van der Waals surface area contributed by atoms with Gasteiger partial charge in [-0.25, -0.2) is 0 Å². The zero-order valence-corrected chi connectivity index (χ0v) is 12.1. The van der Waals surface area contributed by atoms with Crippen molar-refractivity contribution in [3.8, 4) is 0 Å². The zero-order valence-electron chi connectivity index (χ0n) is 12.1. The molecule has 0 amide bonds. The molecule has 0 radical (unpaired) electrons. The van der Waals surface area contributed by atoms with Gasteiger partial charge in [0.15, 0.2) is 0 Å². The maximum Gasteiger partial charge on any atom is 0.0627 e. The van der Waals surface area contributed by atoms with Gasteiger partial charge in [-0.1, -0.05) is 32.6 Å². The van der Waals surface area contributed by atoms with E-state index in [1.165, 1.54) is 77.3 Å². The van der Waals surface area contributed by atoms with Gasteiger partial charge in [-0.3, -0.25) is 9.80 Å². The number of unbranched alkanes of at least 4 members (excludes halogenated alkanes) is 2. The predicted octanol–water partition coefficient (Wildman–Crippen LogP) is 3.62. The summed E-state index contributed by atoms with van der Waals surface area (Å²) >= 11 is 0. The molecular weight excluding hydrogens is 220 g/mol. The van der Waals surface area contributed by atoms with E-state index < -0.39 is 0 Å². The van der Waals surface area contributed by atoms with E-state index >= 15 is 0 Å². The largest absolute Gasteiger partial charge is 0.285 e. The minimum Gasteiger partial charge on any atom is -0.285 e. The molecule has 0 saturated carbocycles. The molecule has 3 atom stereocenters. The lowest BCUT2D eigenvalue weighted by Crippen LogP contribution is -2.60. The van der Waals surface area contributed by atoms with Crippen molar-refractivity contribution in [2.45, 2.75) is 89.4 Å². The van der Waals surface area contributed by atoms with E-state index in [9.17, 15) is 0 Å². The molecule has 2 heteroatoms. The highest BCUT2D eigenvalue weighted by Crippen LogP contribution is 2.38. The number of fused-ring (bicyclic) bond motifs is 3. The van der Waals surface area contributed by atoms with E-state index in [4.69, 9.17) is 0 Å². The lowest BCUT2D eigenvalue weighted by molar-refractivity contribution is -0.0611. The van der Waals surface area contributed by atoms with Crippen molar-refractivity contribution in [2.75, 3.05) is 13.1 Å². The molecule has 2 nitrogen and oxygen atoms in total. The predicted molar refractivity (Wildman–Crippen MR) is 76.6 cm³/mol. The third kappa shape index (κ3) is 2.46. The Kier molecular flexibility index (Phi) is 4.25. The van der Waals surface area contributed by atoms with Crippen LogP contribution in [-0.2, 0) is 0 Å². The van der Waals surface area contributed by atoms with Gasteiger partial charge in [0.1, 0.15) is 0 Å². The summed E-state index contributed by atoms with van der Waals surface area (Å²) in [5.41, 5.74) is 0. The monoisotopic (exact) mass is 250 g/mol. The highest BCUT2D eigenvalue weighted by atomic mass is 15.4. The van der Waals surface area contributed by atoms with E-state index in [-0.39, 0.29) is 0 Å². The van der Waals surface area contributed by atoms with Crippen molar-refractivity contribution >= 4 is 0 Å². The summed E-state index contributed by atoms with van der Waals surface area (Å²) in [6.45, 7) is 5.08. The first kappa shape index (κ1) is 12.9. The maximum atomic E-state index is 2.87. The van der Waals surface area contributed by atoms with Crippen LogP contribution < -0.4 is 0 Å². The Hall–Kier alpha value is -0.0800. The van der Waals surface area contributed by atoms with Crippen LogP contribution in [0.3, 0.4) is 0 Å². The molecule has 3 fully saturated rings. The molecule has 3 aliphatic heterocycles. The average Bonchev–Trinajstić information content (AvgIpc) is 2.89. The van der Waals surface area contributed by atoms with E-state index in [1.54, 1.807) is 0 Å². The molecule has 0 aromatic heterocycles. The van der Waals surface area contributed by atoms with Crippen LogP contribution in [0.4, 0.5) is 0 Å². The Balaban J connectivity index is 1.64. The molecule has 0 aromatic carbocycles. The Labute approximate surface area is 113 Å². The fraction of sp³-hybridized carbons (Fsp3) is 1.00. The Morgan fingerprint density at radius 2 is 1.83 bits per heavy atom. The zero-order chi connectivity index (χ0) is 12.4. The second-order valence-corrected chi connectivity index (χ2v) is 6.63. The van der Waals surface area contributed by atoms with E-state index in [0.29, 0.717) is 0 Å². The lowest BCUT2D eigenvalue weighted by atomic mass is 9.89. The fourth-order valence-electron chi connectivity index (χ4n) is 4.58. The van der Waals surface area contributed by atoms with Crippen LogP contribution in [0.25, 0.3) is 0 Å². The molecule has 104 valence electrons. The Morgan fingerprint density at radius 3 is 2.72 bits per heavy atom. The van der Waals surface area contributed by atoms with Gasteiger partial charge >= 0.3 is 0 Å². The van der Waals surface area contributed by atoms with E-state index in [2.05, 4.69) is 16.7 Å². The number of nitrogens with zero attached hydrogens (tertiary/aromatic N) is 2. The van der Waals surface area contributed by atoms with Crippen molar-refractivity contribution in [1.82, 2.24) is 9.80 Å². The van der Waals surface area contributed by atoms with Crippen molar-refractivity contribution in [3.63, 3.8) is 0 Å². The van der Waals surface area contributed by atoms with Gasteiger partial charge in [0.05, 0.1) is 6.17 Å². The maximum absolute atomic E-state index is 2.87. The quantitative estimate of drug-likeness (QED) is 0.703. The number of piperidine rings is 1. The molecule has 2 unspecified atom stereocenters. The lowest BCUT2D eigenvalue weighted by Gasteiger charge is -2.51. The highest BCUT2D eigenvalue weighted by Gasteiger charge is 2.43. The number of hydrogen-bond acceptors (Lipinski definition) is 2. The fourth-order valence-corrected chi connectivity index (χ4v) is 4.58. The molecule has 3 heterocycles. The van der Waals surface area contributed by atoms with Crippen molar-refractivity contribution in [1.29, 1.82) is 0 Å². The van der Waals surface area contributed by atoms with Gasteiger partial charge in [0, 0.05) is 18.6 Å². The molecule has 0 spiro atoms. The second kappa shape index (κ2) is 5.92. The summed E-state index contributed by atoms with van der Waals surface area (Å²) < 4.78 is 0. The van der Waals surface area contributed by atoms with Gasteiger partial charge < -0.3 is 0 Å². The molecule has 0 bridgehead atoms. The van der Waals surface area contributed by atoms with Gasteiger partial charge in [-0.2, -0.15) is 0 Å². The van der Waals surface area contributed by atoms with Crippen LogP contribution in [0, 0.1) is 0 Å². The molecule has 0 N–H and O–H groups in total. The van der Waals surface area contributed by atoms with Gasteiger partial charge in [-0.15, -0.1) is 0 Å². The minimum absolute atomic E-state index is 0.829. The van der Waals surface area contributed by atoms with Crippen LogP contribution in [-0.4, -0.2) is 41.1 Å². The van der Waals surface area contributed by atoms with Gasteiger partial charge in [0.25, 0.3) is 0 Å². The SMILES string of the molecule is CCCCC[C@@H]1CC2CCCCN2C2CCCN21. The van der Waals surface area contributed by atoms with Crippen molar-refractivity contribution in [2.24, 2.45) is 0 Å². The smallest absolute Gasteiger partial charge is 0.0627 e. The van der Waals surface area contributed by atoms with Crippen LogP contribution >= 0.6 is 0 Å². The normalized spacial score (nSPS) is 37.5. The summed E-state index contributed by atoms with van der Waals surface area (Å²) in [6, 6.07) is 1.85. The Morgan fingerprint density at radius 1 is 0.944 bits per heavy atom. The molecule has 3 rings (SSSR count). The molecule has 3 saturated heterocycles. The first-order chi connectivity index (χ1) is 8.90. The van der Waals surface area contributed by atoms with Gasteiger partial charge in [-0.05, 0) is 45.1 Å². The number of hydrogen-bond donors (Lipinski definition) is 0. The van der Waals surface area contributed by atoms with Crippen molar-refractivity contribution in [3.05, 3.63) is 0 Å². The summed E-state index contributed by atoms with van der Waals surface area (Å²) in [6.07, 6.45) is 15.3. The minimum atomic E-state index is 0.829. The topological polar surface area (TPSA) is 6.48 Å². The summed E-state index contributed by atoms with van der Waals surface area (Å²) in [5, 5.41) is 0. The van der Waals surface area contributed by atoms with E-state index in [1.807, 2.05) is 0 Å². The average molecular weight is 250 g/mol. The van der Waals surface area contributed by atoms with Crippen LogP contribution in [0.15, 0.2) is 0 Å². The second-order valence-electron chi connectivity index (χ2n) is 6.63. The van der Waals surface area contributed by atoms with Crippen LogP contribution in [0.1, 0.15) is 71.1 Å². The first-order valence-electron chi connectivity index (χ1n) is 8.41. The van der Waals surface area contributed by atoms with Gasteiger partial charge in [0.2, 0.25) is 0 Å². The van der Waals surface area contributed by atoms with Crippen LogP contribution in [0.5, 0.6) is 0 Å². The number of rotatable bonds is 4. The molecule has 18 heavy (non-hydrogen) atoms. The molecule has 0 aliphatic carbocycles. The highest BCUT2D eigenvalue weighted by molar-refractivity contribution is 4.96. The molecule has 0 aromatic rings. The van der Waals surface area contributed by atoms with Crippen molar-refractivity contribution < 1.29 is 0 Å². The van der Waals surface area contributed by atoms with Crippen LogP contribution in [0.2, 0.25) is 0 Å². The Bertz CT molecular complexity index is 266.